The zero-order valence-corrected chi connectivity index (χ0v) is 12.8. The molecule has 4 nitrogen and oxygen atoms in total. The summed E-state index contributed by atoms with van der Waals surface area (Å²) in [5.74, 6) is -0.636. The topological polar surface area (TPSA) is 40.5 Å². The minimum Gasteiger partial charge on any atom is -0.477 e. The number of carboxylic acids is 1. The Bertz CT molecular complexity index is 327. The van der Waals surface area contributed by atoms with Crippen LogP contribution in [-0.4, -0.2) is 64.3 Å². The molecule has 110 valence electrons. The third-order valence-electron chi connectivity index (χ3n) is 5.43. The zero-order chi connectivity index (χ0) is 14.2. The van der Waals surface area contributed by atoms with Gasteiger partial charge in [-0.05, 0) is 34.1 Å². The first-order valence-corrected chi connectivity index (χ1v) is 7.71. The number of piperidine rings is 1. The summed E-state index contributed by atoms with van der Waals surface area (Å²) in [7, 11) is 0. The highest BCUT2D eigenvalue weighted by atomic mass is 16.4. The van der Waals surface area contributed by atoms with Crippen LogP contribution in [0.5, 0.6) is 0 Å². The Morgan fingerprint density at radius 2 is 1.74 bits per heavy atom. The zero-order valence-electron chi connectivity index (χ0n) is 12.8. The van der Waals surface area contributed by atoms with Gasteiger partial charge in [0.15, 0.2) is 6.54 Å². The van der Waals surface area contributed by atoms with Crippen molar-refractivity contribution in [2.45, 2.75) is 71.1 Å². The van der Waals surface area contributed by atoms with E-state index >= 15 is 0 Å². The Morgan fingerprint density at radius 3 is 2.11 bits per heavy atom. The lowest BCUT2D eigenvalue weighted by Gasteiger charge is -2.60. The quantitative estimate of drug-likeness (QED) is 0.793. The molecule has 19 heavy (non-hydrogen) atoms. The van der Waals surface area contributed by atoms with Crippen LogP contribution < -0.4 is 0 Å². The summed E-state index contributed by atoms with van der Waals surface area (Å²) in [6.45, 7) is 11.4. The van der Waals surface area contributed by atoms with Gasteiger partial charge in [0.25, 0.3) is 0 Å². The van der Waals surface area contributed by atoms with E-state index in [1.165, 1.54) is 19.3 Å². The third-order valence-corrected chi connectivity index (χ3v) is 5.43. The fraction of sp³-hybridized carbons (Fsp3) is 0.933. The van der Waals surface area contributed by atoms with Crippen LogP contribution in [0.2, 0.25) is 0 Å². The molecule has 2 aliphatic rings. The number of hydrogen-bond donors (Lipinski definition) is 1. The third kappa shape index (κ3) is 2.52. The molecule has 4 heteroatoms. The van der Waals surface area contributed by atoms with Crippen LogP contribution in [0.15, 0.2) is 0 Å². The molecule has 2 fully saturated rings. The summed E-state index contributed by atoms with van der Waals surface area (Å²) in [5.41, 5.74) is 0. The van der Waals surface area contributed by atoms with Crippen molar-refractivity contribution in [1.29, 1.82) is 0 Å². The van der Waals surface area contributed by atoms with E-state index in [-0.39, 0.29) is 0 Å². The van der Waals surface area contributed by atoms with E-state index in [9.17, 15) is 9.90 Å². The molecule has 1 N–H and O–H groups in total. The normalized spacial score (nSPS) is 35.9. The summed E-state index contributed by atoms with van der Waals surface area (Å²) in [6.07, 6.45) is 3.64. The maximum absolute atomic E-state index is 11.4. The average Bonchev–Trinajstić information content (AvgIpc) is 2.26. The van der Waals surface area contributed by atoms with Crippen molar-refractivity contribution in [1.82, 2.24) is 4.90 Å². The van der Waals surface area contributed by atoms with E-state index in [0.717, 1.165) is 17.6 Å². The molecule has 0 spiro atoms. The highest BCUT2D eigenvalue weighted by Gasteiger charge is 2.53. The lowest BCUT2D eigenvalue weighted by molar-refractivity contribution is -0.994. The Hall–Kier alpha value is -0.610. The van der Waals surface area contributed by atoms with Crippen molar-refractivity contribution in [2.75, 3.05) is 19.6 Å². The van der Waals surface area contributed by atoms with Crippen molar-refractivity contribution in [3.8, 4) is 0 Å². The highest BCUT2D eigenvalue weighted by molar-refractivity contribution is 5.68. The number of hydrogen-bond acceptors (Lipinski definition) is 2. The van der Waals surface area contributed by atoms with Crippen molar-refractivity contribution >= 4 is 5.97 Å². The first-order chi connectivity index (χ1) is 8.87. The fourth-order valence-electron chi connectivity index (χ4n) is 4.41. The van der Waals surface area contributed by atoms with Crippen LogP contribution in [0.25, 0.3) is 0 Å². The van der Waals surface area contributed by atoms with Gasteiger partial charge in [-0.1, -0.05) is 0 Å². The van der Waals surface area contributed by atoms with Gasteiger partial charge in [0.05, 0.1) is 19.1 Å². The monoisotopic (exact) mass is 269 g/mol. The minimum absolute atomic E-state index is 0.304. The molecule has 0 amide bonds. The Balaban J connectivity index is 2.30. The van der Waals surface area contributed by atoms with Gasteiger partial charge < -0.3 is 9.59 Å². The molecular formula is C15H29N2O2+. The smallest absolute Gasteiger partial charge is 0.359 e. The first kappa shape index (κ1) is 14.8. The highest BCUT2D eigenvalue weighted by Crippen LogP contribution is 2.39. The van der Waals surface area contributed by atoms with Gasteiger partial charge in [0.1, 0.15) is 12.1 Å². The number of carbonyl (C=O) groups is 1. The maximum Gasteiger partial charge on any atom is 0.359 e. The second-order valence-corrected chi connectivity index (χ2v) is 6.93. The molecule has 1 unspecified atom stereocenters. The molecule has 2 bridgehead atoms. The first-order valence-electron chi connectivity index (χ1n) is 7.71. The van der Waals surface area contributed by atoms with Gasteiger partial charge in [-0.3, -0.25) is 4.90 Å². The van der Waals surface area contributed by atoms with Crippen molar-refractivity contribution in [3.05, 3.63) is 0 Å². The van der Waals surface area contributed by atoms with Crippen LogP contribution in [-0.2, 0) is 4.79 Å². The molecule has 0 aliphatic carbocycles. The van der Waals surface area contributed by atoms with Gasteiger partial charge in [0, 0.05) is 18.9 Å². The van der Waals surface area contributed by atoms with Gasteiger partial charge in [-0.2, -0.15) is 0 Å². The van der Waals surface area contributed by atoms with E-state index in [1.54, 1.807) is 0 Å². The fourth-order valence-corrected chi connectivity index (χ4v) is 4.41. The van der Waals surface area contributed by atoms with E-state index in [0.29, 0.717) is 30.7 Å². The summed E-state index contributed by atoms with van der Waals surface area (Å²) in [4.78, 5) is 13.9. The lowest BCUT2D eigenvalue weighted by Crippen LogP contribution is -2.76. The van der Waals surface area contributed by atoms with Gasteiger partial charge in [-0.25, -0.2) is 4.79 Å². The summed E-state index contributed by atoms with van der Waals surface area (Å²) >= 11 is 0. The maximum atomic E-state index is 11.4. The number of piperazine rings is 1. The Labute approximate surface area is 117 Å². The van der Waals surface area contributed by atoms with Crippen LogP contribution in [0.1, 0.15) is 47.0 Å². The van der Waals surface area contributed by atoms with E-state index in [4.69, 9.17) is 0 Å². The second-order valence-electron chi connectivity index (χ2n) is 6.93. The summed E-state index contributed by atoms with van der Waals surface area (Å²) in [6, 6.07) is 1.99. The van der Waals surface area contributed by atoms with Crippen molar-refractivity contribution in [2.24, 2.45) is 0 Å². The molecule has 2 saturated heterocycles. The predicted molar refractivity (Wildman–Crippen MR) is 76.0 cm³/mol. The summed E-state index contributed by atoms with van der Waals surface area (Å²) < 4.78 is 0.818. The van der Waals surface area contributed by atoms with E-state index < -0.39 is 5.97 Å². The molecule has 3 atom stereocenters. The second kappa shape index (κ2) is 5.41. The Morgan fingerprint density at radius 1 is 1.21 bits per heavy atom. The van der Waals surface area contributed by atoms with Crippen LogP contribution in [0.4, 0.5) is 0 Å². The molecule has 0 aromatic rings. The predicted octanol–water partition coefficient (Wildman–Crippen LogP) is 1.94. The van der Waals surface area contributed by atoms with Crippen LogP contribution in [0.3, 0.4) is 0 Å². The standard InChI is InChI=1S/C15H28N2O2/c1-11(2)16-8-13-6-5-7-14(9-16)17(13,12(3)4)10-15(18)19/h11-14H,5-10H2,1-4H3/p+1/t13-,14+,17?. The van der Waals surface area contributed by atoms with E-state index in [2.05, 4.69) is 32.6 Å². The van der Waals surface area contributed by atoms with Gasteiger partial charge in [-0.15, -0.1) is 0 Å². The largest absolute Gasteiger partial charge is 0.477 e. The molecule has 0 radical (unpaired) electrons. The molecular weight excluding hydrogens is 240 g/mol. The lowest BCUT2D eigenvalue weighted by atomic mass is 9.85. The van der Waals surface area contributed by atoms with Crippen molar-refractivity contribution < 1.29 is 14.4 Å². The molecule has 0 aromatic carbocycles. The molecule has 0 saturated carbocycles. The SMILES string of the molecule is CC(C)N1C[C@H]2CCC[C@@H](C1)[N+]2(CC(=O)O)C(C)C. The number of nitrogens with zero attached hydrogens (tertiary/aromatic N) is 2. The number of aliphatic carboxylic acids is 1. The molecule has 2 heterocycles. The molecule has 2 rings (SSSR count). The van der Waals surface area contributed by atoms with Gasteiger partial charge in [0.2, 0.25) is 0 Å². The Kier molecular flexibility index (Phi) is 4.21. The molecule has 2 aliphatic heterocycles. The number of carboxylic acid groups (broad SMARTS) is 1. The summed E-state index contributed by atoms with van der Waals surface area (Å²) in [5, 5.41) is 9.38. The van der Waals surface area contributed by atoms with Crippen LogP contribution >= 0.6 is 0 Å². The van der Waals surface area contributed by atoms with Crippen molar-refractivity contribution in [3.63, 3.8) is 0 Å². The van der Waals surface area contributed by atoms with E-state index in [1.807, 2.05) is 0 Å². The molecule has 0 aromatic heterocycles. The average molecular weight is 269 g/mol. The number of likely N-dealkylation sites (tertiary alicyclic amines) is 1. The number of fused-ring (bicyclic) bond motifs is 2. The number of quaternary nitrogens is 1. The minimum atomic E-state index is -0.636. The van der Waals surface area contributed by atoms with Gasteiger partial charge >= 0.3 is 5.97 Å². The van der Waals surface area contributed by atoms with Crippen LogP contribution in [0, 0.1) is 0 Å². The number of rotatable bonds is 4.